The molecule has 0 aliphatic heterocycles. The average Bonchev–Trinajstić information content (AvgIpc) is 2.58. The van der Waals surface area contributed by atoms with Crippen LogP contribution < -0.4 is 0 Å². The fourth-order valence-electron chi connectivity index (χ4n) is 3.19. The smallest absolute Gasteiger partial charge is 0.0895 e. The van der Waals surface area contributed by atoms with Crippen LogP contribution >= 0.6 is 11.6 Å². The minimum Gasteiger partial charge on any atom is -0.247 e. The third kappa shape index (κ3) is 3.62. The third-order valence-electron chi connectivity index (χ3n) is 4.73. The van der Waals surface area contributed by atoms with Crippen molar-refractivity contribution in [2.24, 2.45) is 5.92 Å². The molecular formula is C22H24ClN. The molecule has 0 amide bonds. The fraction of sp³-hybridized carbons (Fsp3) is 0.318. The minimum absolute atomic E-state index is 0.708. The van der Waals surface area contributed by atoms with Crippen LogP contribution in [-0.2, 0) is 0 Å². The van der Waals surface area contributed by atoms with E-state index in [9.17, 15) is 0 Å². The molecule has 0 radical (unpaired) electrons. The molecule has 1 aliphatic carbocycles. The molecule has 1 aromatic heterocycles. The zero-order valence-electron chi connectivity index (χ0n) is 14.6. The molecule has 0 saturated heterocycles. The van der Waals surface area contributed by atoms with E-state index in [0.29, 0.717) is 5.02 Å². The van der Waals surface area contributed by atoms with Crippen LogP contribution in [0.25, 0.3) is 22.9 Å². The second kappa shape index (κ2) is 7.36. The average molecular weight is 338 g/mol. The summed E-state index contributed by atoms with van der Waals surface area (Å²) < 4.78 is 0. The SMILES string of the molecule is C/C=C\c1nc(-c2ccc(C3=CCC(C)CC3)cc2)c(Cl)cc1C. The number of halogens is 1. The second-order valence-electron chi connectivity index (χ2n) is 6.71. The number of nitrogens with zero attached hydrogens (tertiary/aromatic N) is 1. The van der Waals surface area contributed by atoms with Crippen molar-refractivity contribution in [1.82, 2.24) is 4.98 Å². The summed E-state index contributed by atoms with van der Waals surface area (Å²) in [5.74, 6) is 0.814. The predicted octanol–water partition coefficient (Wildman–Crippen LogP) is 6.95. The van der Waals surface area contributed by atoms with Crippen LogP contribution in [0.3, 0.4) is 0 Å². The summed E-state index contributed by atoms with van der Waals surface area (Å²) in [6.07, 6.45) is 10.1. The molecule has 1 atom stereocenters. The van der Waals surface area contributed by atoms with E-state index in [1.807, 2.05) is 32.1 Å². The molecule has 1 aliphatic rings. The van der Waals surface area contributed by atoms with Crippen molar-refractivity contribution in [3.05, 3.63) is 64.3 Å². The van der Waals surface area contributed by atoms with Crippen molar-refractivity contribution in [2.45, 2.75) is 40.0 Å². The number of allylic oxidation sites excluding steroid dienone is 3. The Morgan fingerprint density at radius 1 is 1.17 bits per heavy atom. The summed E-state index contributed by atoms with van der Waals surface area (Å²) in [5, 5.41) is 0.708. The highest BCUT2D eigenvalue weighted by Gasteiger charge is 2.13. The van der Waals surface area contributed by atoms with Gasteiger partial charge in [-0.05, 0) is 67.9 Å². The highest BCUT2D eigenvalue weighted by molar-refractivity contribution is 6.33. The number of rotatable bonds is 3. The van der Waals surface area contributed by atoms with E-state index in [1.54, 1.807) is 0 Å². The lowest BCUT2D eigenvalue weighted by atomic mass is 9.87. The molecule has 0 spiro atoms. The van der Waals surface area contributed by atoms with Crippen LogP contribution in [0, 0.1) is 12.8 Å². The lowest BCUT2D eigenvalue weighted by molar-refractivity contribution is 0.534. The molecule has 0 N–H and O–H groups in total. The maximum absolute atomic E-state index is 6.44. The second-order valence-corrected chi connectivity index (χ2v) is 7.11. The maximum atomic E-state index is 6.44. The van der Waals surface area contributed by atoms with Crippen molar-refractivity contribution in [1.29, 1.82) is 0 Å². The topological polar surface area (TPSA) is 12.9 Å². The van der Waals surface area contributed by atoms with Crippen LogP contribution in [0.2, 0.25) is 5.02 Å². The summed E-state index contributed by atoms with van der Waals surface area (Å²) in [4.78, 5) is 4.75. The van der Waals surface area contributed by atoms with E-state index in [1.165, 1.54) is 30.4 Å². The van der Waals surface area contributed by atoms with Gasteiger partial charge in [-0.3, -0.25) is 0 Å². The maximum Gasteiger partial charge on any atom is 0.0895 e. The van der Waals surface area contributed by atoms with Gasteiger partial charge in [0, 0.05) is 5.56 Å². The highest BCUT2D eigenvalue weighted by Crippen LogP contribution is 2.33. The molecule has 124 valence electrons. The standard InChI is InChI=1S/C22H24ClN/c1-4-5-21-16(3)14-20(23)22(24-21)19-12-10-18(11-13-19)17-8-6-15(2)7-9-17/h4-5,8,10-15H,6-7,9H2,1-3H3/b5-4-. The van der Waals surface area contributed by atoms with Gasteiger partial charge < -0.3 is 0 Å². The van der Waals surface area contributed by atoms with Gasteiger partial charge in [0.2, 0.25) is 0 Å². The predicted molar refractivity (Wildman–Crippen MR) is 105 cm³/mol. The van der Waals surface area contributed by atoms with Gasteiger partial charge in [0.05, 0.1) is 16.4 Å². The molecule has 2 heteroatoms. The molecule has 1 unspecified atom stereocenters. The molecule has 0 saturated carbocycles. The summed E-state index contributed by atoms with van der Waals surface area (Å²) in [7, 11) is 0. The zero-order chi connectivity index (χ0) is 17.1. The van der Waals surface area contributed by atoms with Crippen LogP contribution in [0.15, 0.2) is 42.5 Å². The van der Waals surface area contributed by atoms with E-state index >= 15 is 0 Å². The van der Waals surface area contributed by atoms with Gasteiger partial charge in [0.1, 0.15) is 0 Å². The van der Waals surface area contributed by atoms with Gasteiger partial charge in [-0.2, -0.15) is 0 Å². The number of hydrogen-bond acceptors (Lipinski definition) is 1. The van der Waals surface area contributed by atoms with Crippen molar-refractivity contribution in [3.63, 3.8) is 0 Å². The molecule has 1 aromatic carbocycles. The Morgan fingerprint density at radius 2 is 1.88 bits per heavy atom. The normalized spacial score (nSPS) is 18.0. The Bertz CT molecular complexity index is 784. The first-order valence-electron chi connectivity index (χ1n) is 8.68. The first kappa shape index (κ1) is 17.0. The van der Waals surface area contributed by atoms with Crippen LogP contribution in [0.4, 0.5) is 0 Å². The van der Waals surface area contributed by atoms with E-state index in [4.69, 9.17) is 16.6 Å². The largest absolute Gasteiger partial charge is 0.247 e. The van der Waals surface area contributed by atoms with Crippen LogP contribution in [-0.4, -0.2) is 4.98 Å². The first-order valence-corrected chi connectivity index (χ1v) is 9.06. The number of pyridine rings is 1. The minimum atomic E-state index is 0.708. The highest BCUT2D eigenvalue weighted by atomic mass is 35.5. The monoisotopic (exact) mass is 337 g/mol. The van der Waals surface area contributed by atoms with Gasteiger partial charge in [-0.1, -0.05) is 54.9 Å². The van der Waals surface area contributed by atoms with Crippen molar-refractivity contribution < 1.29 is 0 Å². The molecule has 3 rings (SSSR count). The molecule has 24 heavy (non-hydrogen) atoms. The number of hydrogen-bond donors (Lipinski definition) is 0. The Hall–Kier alpha value is -1.86. The Morgan fingerprint density at radius 3 is 2.50 bits per heavy atom. The summed E-state index contributed by atoms with van der Waals surface area (Å²) in [5.41, 5.74) is 6.79. The molecule has 0 bridgehead atoms. The molecule has 1 heterocycles. The van der Waals surface area contributed by atoms with E-state index < -0.39 is 0 Å². The van der Waals surface area contributed by atoms with Crippen molar-refractivity contribution in [2.75, 3.05) is 0 Å². The fourth-order valence-corrected chi connectivity index (χ4v) is 3.51. The van der Waals surface area contributed by atoms with Crippen LogP contribution in [0.5, 0.6) is 0 Å². The van der Waals surface area contributed by atoms with E-state index in [0.717, 1.165) is 28.4 Å². The zero-order valence-corrected chi connectivity index (χ0v) is 15.4. The first-order chi connectivity index (χ1) is 11.6. The number of benzene rings is 1. The van der Waals surface area contributed by atoms with Gasteiger partial charge in [-0.25, -0.2) is 4.98 Å². The third-order valence-corrected chi connectivity index (χ3v) is 5.02. The molecule has 0 fully saturated rings. The molecule has 1 nitrogen and oxygen atoms in total. The van der Waals surface area contributed by atoms with Crippen molar-refractivity contribution >= 4 is 23.3 Å². The summed E-state index contributed by atoms with van der Waals surface area (Å²) >= 11 is 6.44. The summed E-state index contributed by atoms with van der Waals surface area (Å²) in [6, 6.07) is 10.7. The van der Waals surface area contributed by atoms with Crippen molar-refractivity contribution in [3.8, 4) is 11.3 Å². The van der Waals surface area contributed by atoms with E-state index in [-0.39, 0.29) is 0 Å². The quantitative estimate of drug-likeness (QED) is 0.590. The van der Waals surface area contributed by atoms with Gasteiger partial charge >= 0.3 is 0 Å². The Labute approximate surface area is 150 Å². The lowest BCUT2D eigenvalue weighted by Gasteiger charge is -2.18. The van der Waals surface area contributed by atoms with Gasteiger partial charge in [-0.15, -0.1) is 0 Å². The number of aromatic nitrogens is 1. The Balaban J connectivity index is 1.92. The lowest BCUT2D eigenvalue weighted by Crippen LogP contribution is -2.01. The molecular weight excluding hydrogens is 314 g/mol. The Kier molecular flexibility index (Phi) is 5.20. The number of aryl methyl sites for hydroxylation is 1. The van der Waals surface area contributed by atoms with Crippen LogP contribution in [0.1, 0.15) is 49.9 Å². The molecule has 2 aromatic rings. The van der Waals surface area contributed by atoms with Gasteiger partial charge in [0.15, 0.2) is 0 Å². The van der Waals surface area contributed by atoms with E-state index in [2.05, 4.69) is 37.3 Å². The van der Waals surface area contributed by atoms with Gasteiger partial charge in [0.25, 0.3) is 0 Å². The summed E-state index contributed by atoms with van der Waals surface area (Å²) in [6.45, 7) is 6.37.